The lowest BCUT2D eigenvalue weighted by Gasteiger charge is -2.40. The summed E-state index contributed by atoms with van der Waals surface area (Å²) < 4.78 is 7.41. The van der Waals surface area contributed by atoms with Crippen LogP contribution in [-0.4, -0.2) is 44.2 Å². The molecule has 0 radical (unpaired) electrons. The number of aromatic nitrogens is 4. The van der Waals surface area contributed by atoms with Gasteiger partial charge in [0.25, 0.3) is 5.91 Å². The average molecular weight is 601 g/mol. The molecule has 9 nitrogen and oxygen atoms in total. The molecule has 2 aromatic heterocycles. The van der Waals surface area contributed by atoms with Crippen molar-refractivity contribution in [1.82, 2.24) is 25.1 Å². The Kier molecular flexibility index (Phi) is 7.75. The molecule has 5 aromatic rings. The number of hydrogen-bond donors (Lipinski definition) is 2. The zero-order valence-corrected chi connectivity index (χ0v) is 25.3. The van der Waals surface area contributed by atoms with E-state index in [0.29, 0.717) is 30.0 Å². The zero-order chi connectivity index (χ0) is 30.8. The van der Waals surface area contributed by atoms with Crippen molar-refractivity contribution >= 4 is 28.4 Å². The zero-order valence-electron chi connectivity index (χ0n) is 25.3. The molecular formula is C36H36N6O3. The Morgan fingerprint density at radius 3 is 2.27 bits per heavy atom. The van der Waals surface area contributed by atoms with E-state index in [1.54, 1.807) is 19.5 Å². The van der Waals surface area contributed by atoms with Crippen molar-refractivity contribution in [2.75, 3.05) is 12.4 Å². The highest BCUT2D eigenvalue weighted by molar-refractivity contribution is 6.05. The van der Waals surface area contributed by atoms with Gasteiger partial charge in [-0.05, 0) is 86.2 Å². The molecule has 3 aromatic carbocycles. The predicted octanol–water partition coefficient (Wildman–Crippen LogP) is 6.83. The standard InChI is InChI=1S/C36H36N6O3/c1-45-30-15-13-29(14-16-30)42-33(25-6-3-2-4-7-25)31-17-10-26(20-32(31)41-42)34(43)40-36(18-5-19-36)35(44)39-28-11-8-24(9-12-28)27-21-37-23-38-22-27/h8-17,20-23,25H,2-7,18-19H2,1H3,(H,39,44)(H,40,43). The van der Waals surface area contributed by atoms with Crippen molar-refractivity contribution in [1.29, 1.82) is 0 Å². The third-order valence-electron chi connectivity index (χ3n) is 9.31. The normalized spacial score (nSPS) is 16.1. The molecule has 2 N–H and O–H groups in total. The second kappa shape index (κ2) is 12.1. The van der Waals surface area contributed by atoms with Gasteiger partial charge in [-0.25, -0.2) is 14.6 Å². The fourth-order valence-electron chi connectivity index (χ4n) is 6.61. The van der Waals surface area contributed by atoms with E-state index in [4.69, 9.17) is 9.84 Å². The molecule has 0 bridgehead atoms. The monoisotopic (exact) mass is 600 g/mol. The summed E-state index contributed by atoms with van der Waals surface area (Å²) in [6, 6.07) is 21.2. The summed E-state index contributed by atoms with van der Waals surface area (Å²) in [5.74, 6) is 0.719. The summed E-state index contributed by atoms with van der Waals surface area (Å²) in [5, 5.41) is 12.2. The molecule has 2 amide bonds. The molecule has 9 heteroatoms. The molecule has 0 atom stereocenters. The minimum absolute atomic E-state index is 0.206. The molecule has 228 valence electrons. The first-order valence-corrected chi connectivity index (χ1v) is 15.7. The fourth-order valence-corrected chi connectivity index (χ4v) is 6.61. The first-order valence-electron chi connectivity index (χ1n) is 15.7. The second-order valence-corrected chi connectivity index (χ2v) is 12.1. The van der Waals surface area contributed by atoms with E-state index in [0.717, 1.165) is 52.7 Å². The van der Waals surface area contributed by atoms with Crippen LogP contribution in [0.2, 0.25) is 0 Å². The lowest BCUT2D eigenvalue weighted by atomic mass is 9.75. The Balaban J connectivity index is 1.12. The molecule has 0 saturated heterocycles. The molecule has 0 aliphatic heterocycles. The molecule has 2 aliphatic rings. The Bertz CT molecular complexity index is 1820. The number of benzene rings is 3. The number of nitrogens with one attached hydrogen (secondary N) is 2. The highest BCUT2D eigenvalue weighted by Crippen LogP contribution is 2.39. The van der Waals surface area contributed by atoms with Crippen molar-refractivity contribution < 1.29 is 14.3 Å². The average Bonchev–Trinajstić information content (AvgIpc) is 3.46. The quantitative estimate of drug-likeness (QED) is 0.202. The number of carbonyl (C=O) groups is 2. The van der Waals surface area contributed by atoms with Gasteiger partial charge < -0.3 is 15.4 Å². The van der Waals surface area contributed by atoms with Crippen LogP contribution in [-0.2, 0) is 4.79 Å². The van der Waals surface area contributed by atoms with E-state index in [2.05, 4.69) is 20.6 Å². The summed E-state index contributed by atoms with van der Waals surface area (Å²) in [6.45, 7) is 0. The van der Waals surface area contributed by atoms with Crippen LogP contribution < -0.4 is 15.4 Å². The minimum Gasteiger partial charge on any atom is -0.497 e. The van der Waals surface area contributed by atoms with E-state index in [1.165, 1.54) is 31.3 Å². The van der Waals surface area contributed by atoms with Gasteiger partial charge >= 0.3 is 0 Å². The van der Waals surface area contributed by atoms with Crippen LogP contribution in [0.1, 0.15) is 73.3 Å². The van der Waals surface area contributed by atoms with Crippen molar-refractivity contribution in [2.24, 2.45) is 0 Å². The van der Waals surface area contributed by atoms with Crippen molar-refractivity contribution in [3.05, 3.63) is 96.7 Å². The maximum atomic E-state index is 13.6. The van der Waals surface area contributed by atoms with Gasteiger partial charge in [0.2, 0.25) is 5.91 Å². The van der Waals surface area contributed by atoms with Crippen molar-refractivity contribution in [3.63, 3.8) is 0 Å². The van der Waals surface area contributed by atoms with Gasteiger partial charge in [0, 0.05) is 40.5 Å². The molecule has 2 fully saturated rings. The molecular weight excluding hydrogens is 564 g/mol. The summed E-state index contributed by atoms with van der Waals surface area (Å²) in [7, 11) is 1.66. The van der Waals surface area contributed by atoms with Crippen LogP contribution in [0.5, 0.6) is 5.75 Å². The largest absolute Gasteiger partial charge is 0.497 e. The number of fused-ring (bicyclic) bond motifs is 1. The van der Waals surface area contributed by atoms with Gasteiger partial charge in [0.05, 0.1) is 24.0 Å². The first-order chi connectivity index (χ1) is 22.0. The predicted molar refractivity (Wildman–Crippen MR) is 174 cm³/mol. The van der Waals surface area contributed by atoms with Crippen LogP contribution in [0.4, 0.5) is 5.69 Å². The third kappa shape index (κ3) is 5.66. The number of methoxy groups -OCH3 is 1. The molecule has 0 spiro atoms. The summed E-state index contributed by atoms with van der Waals surface area (Å²) in [5.41, 5.74) is 5.00. The summed E-state index contributed by atoms with van der Waals surface area (Å²) in [6.07, 6.45) is 13.0. The van der Waals surface area contributed by atoms with E-state index in [9.17, 15) is 9.59 Å². The number of nitrogens with zero attached hydrogens (tertiary/aromatic N) is 4. The van der Waals surface area contributed by atoms with Crippen LogP contribution in [0.3, 0.4) is 0 Å². The second-order valence-electron chi connectivity index (χ2n) is 12.1. The van der Waals surface area contributed by atoms with E-state index >= 15 is 0 Å². The Hall–Kier alpha value is -5.05. The lowest BCUT2D eigenvalue weighted by Crippen LogP contribution is -2.61. The number of carbonyl (C=O) groups excluding carboxylic acids is 2. The van der Waals surface area contributed by atoms with E-state index in [-0.39, 0.29) is 11.8 Å². The number of ether oxygens (including phenoxy) is 1. The van der Waals surface area contributed by atoms with Gasteiger partial charge in [-0.3, -0.25) is 9.59 Å². The Morgan fingerprint density at radius 1 is 0.867 bits per heavy atom. The summed E-state index contributed by atoms with van der Waals surface area (Å²) >= 11 is 0. The Labute approximate surface area is 262 Å². The smallest absolute Gasteiger partial charge is 0.252 e. The minimum atomic E-state index is -0.951. The van der Waals surface area contributed by atoms with Gasteiger partial charge in [-0.2, -0.15) is 5.10 Å². The van der Waals surface area contributed by atoms with Gasteiger partial charge in [0.1, 0.15) is 17.6 Å². The van der Waals surface area contributed by atoms with Gasteiger partial charge in [0.15, 0.2) is 0 Å². The molecule has 45 heavy (non-hydrogen) atoms. The lowest BCUT2D eigenvalue weighted by molar-refractivity contribution is -0.125. The molecule has 0 unspecified atom stereocenters. The SMILES string of the molecule is COc1ccc(-n2nc3cc(C(=O)NC4(C(=O)Nc5ccc(-c6cncnc6)cc5)CCC4)ccc3c2C2CCCCC2)cc1. The fraction of sp³-hybridized carbons (Fsp3) is 0.306. The van der Waals surface area contributed by atoms with Gasteiger partial charge in [-0.1, -0.05) is 37.5 Å². The van der Waals surface area contributed by atoms with Crippen LogP contribution in [0.25, 0.3) is 27.7 Å². The maximum absolute atomic E-state index is 13.6. The molecule has 7 rings (SSSR count). The highest BCUT2D eigenvalue weighted by atomic mass is 16.5. The van der Waals surface area contributed by atoms with Crippen LogP contribution >= 0.6 is 0 Å². The van der Waals surface area contributed by atoms with Gasteiger partial charge in [-0.15, -0.1) is 0 Å². The van der Waals surface area contributed by atoms with Crippen LogP contribution in [0.15, 0.2) is 85.5 Å². The topological polar surface area (TPSA) is 111 Å². The molecule has 2 aliphatic carbocycles. The highest BCUT2D eigenvalue weighted by Gasteiger charge is 2.45. The number of anilines is 1. The Morgan fingerprint density at radius 2 is 1.60 bits per heavy atom. The van der Waals surface area contributed by atoms with E-state index in [1.807, 2.05) is 71.4 Å². The number of amides is 2. The maximum Gasteiger partial charge on any atom is 0.252 e. The van der Waals surface area contributed by atoms with Crippen molar-refractivity contribution in [3.8, 4) is 22.6 Å². The number of hydrogen-bond acceptors (Lipinski definition) is 6. The van der Waals surface area contributed by atoms with E-state index < -0.39 is 5.54 Å². The van der Waals surface area contributed by atoms with Crippen molar-refractivity contribution in [2.45, 2.75) is 62.8 Å². The van der Waals surface area contributed by atoms with Crippen LogP contribution in [0, 0.1) is 0 Å². The molecule has 2 heterocycles. The summed E-state index contributed by atoms with van der Waals surface area (Å²) in [4.78, 5) is 35.3. The molecule has 2 saturated carbocycles. The third-order valence-corrected chi connectivity index (χ3v) is 9.31. The first kappa shape index (κ1) is 28.7. The number of rotatable bonds is 8.